The Balaban J connectivity index is 3.31. The number of hydrogen-bond donors (Lipinski definition) is 1. The minimum absolute atomic E-state index is 0.295. The first-order valence-corrected chi connectivity index (χ1v) is 6.29. The number of hydrogen-bond acceptors (Lipinski definition) is 3. The van der Waals surface area contributed by atoms with Gasteiger partial charge >= 0.3 is 6.09 Å². The number of amides is 1. The van der Waals surface area contributed by atoms with Crippen LogP contribution in [0.3, 0.4) is 0 Å². The van der Waals surface area contributed by atoms with E-state index in [0.717, 1.165) is 13.0 Å². The minimum atomic E-state index is -0.363. The minimum Gasteiger partial charge on any atom is -0.449 e. The van der Waals surface area contributed by atoms with Crippen LogP contribution in [0.15, 0.2) is 0 Å². The lowest BCUT2D eigenvalue weighted by Crippen LogP contribution is -2.29. The van der Waals surface area contributed by atoms with Crippen molar-refractivity contribution in [1.82, 2.24) is 5.32 Å². The smallest absolute Gasteiger partial charge is 0.407 e. The highest BCUT2D eigenvalue weighted by Crippen LogP contribution is 2.17. The summed E-state index contributed by atoms with van der Waals surface area (Å²) in [6, 6.07) is 0. The predicted molar refractivity (Wildman–Crippen MR) is 69.1 cm³/mol. The van der Waals surface area contributed by atoms with Crippen molar-refractivity contribution in [3.05, 3.63) is 0 Å². The summed E-state index contributed by atoms with van der Waals surface area (Å²) >= 11 is 0. The summed E-state index contributed by atoms with van der Waals surface area (Å²) in [6.45, 7) is 12.8. The number of rotatable bonds is 7. The van der Waals surface area contributed by atoms with Crippen LogP contribution in [0.4, 0.5) is 4.79 Å². The summed E-state index contributed by atoms with van der Waals surface area (Å²) in [5, 5.41) is 2.65. The maximum atomic E-state index is 11.2. The fraction of sp³-hybridized carbons (Fsp3) is 0.923. The summed E-state index contributed by atoms with van der Waals surface area (Å²) < 4.78 is 10.4. The van der Waals surface area contributed by atoms with Crippen LogP contribution < -0.4 is 5.32 Å². The van der Waals surface area contributed by atoms with Crippen molar-refractivity contribution >= 4 is 6.09 Å². The molecule has 0 aliphatic heterocycles. The van der Waals surface area contributed by atoms with E-state index < -0.39 is 0 Å². The van der Waals surface area contributed by atoms with Crippen LogP contribution in [0, 0.1) is 11.3 Å². The normalized spacial score (nSPS) is 11.6. The van der Waals surface area contributed by atoms with Gasteiger partial charge in [0.25, 0.3) is 0 Å². The Hall–Kier alpha value is -0.770. The standard InChI is InChI=1S/C13H27NO3/c1-11(2)10-17-12(15)14-7-9-16-8-6-13(3,4)5/h11H,6-10H2,1-5H3,(H,14,15). The molecule has 0 aromatic carbocycles. The Morgan fingerprint density at radius 1 is 1.24 bits per heavy atom. The first-order valence-electron chi connectivity index (χ1n) is 6.29. The van der Waals surface area contributed by atoms with Gasteiger partial charge in [0.05, 0.1) is 13.2 Å². The maximum absolute atomic E-state index is 11.2. The molecule has 4 nitrogen and oxygen atoms in total. The second-order valence-electron chi connectivity index (χ2n) is 5.84. The molecule has 0 aliphatic rings. The highest BCUT2D eigenvalue weighted by atomic mass is 16.5. The summed E-state index contributed by atoms with van der Waals surface area (Å²) in [5.41, 5.74) is 0.295. The first-order chi connectivity index (χ1) is 7.81. The van der Waals surface area contributed by atoms with Gasteiger partial charge in [0.15, 0.2) is 0 Å². The van der Waals surface area contributed by atoms with Crippen molar-refractivity contribution in [3.63, 3.8) is 0 Å². The molecular weight excluding hydrogens is 218 g/mol. The molecule has 0 unspecified atom stereocenters. The zero-order valence-electron chi connectivity index (χ0n) is 11.8. The third-order valence-corrected chi connectivity index (χ3v) is 2.06. The third-order valence-electron chi connectivity index (χ3n) is 2.06. The molecule has 0 aromatic rings. The molecule has 0 heterocycles. The summed E-state index contributed by atoms with van der Waals surface area (Å²) in [5.74, 6) is 0.365. The number of carbonyl (C=O) groups excluding carboxylic acids is 1. The molecule has 0 saturated heterocycles. The average molecular weight is 245 g/mol. The lowest BCUT2D eigenvalue weighted by molar-refractivity contribution is 0.102. The van der Waals surface area contributed by atoms with E-state index in [-0.39, 0.29) is 6.09 Å². The Kier molecular flexibility index (Phi) is 7.96. The molecule has 17 heavy (non-hydrogen) atoms. The fourth-order valence-corrected chi connectivity index (χ4v) is 0.999. The van der Waals surface area contributed by atoms with E-state index in [0.29, 0.717) is 31.1 Å². The zero-order chi connectivity index (χ0) is 13.3. The molecule has 0 radical (unpaired) electrons. The van der Waals surface area contributed by atoms with E-state index in [2.05, 4.69) is 26.1 Å². The lowest BCUT2D eigenvalue weighted by atomic mass is 9.93. The summed E-state index contributed by atoms with van der Waals surface area (Å²) in [4.78, 5) is 11.2. The van der Waals surface area contributed by atoms with Crippen LogP contribution >= 0.6 is 0 Å². The Labute approximate surface area is 105 Å². The van der Waals surface area contributed by atoms with Crippen LogP contribution in [0.2, 0.25) is 0 Å². The maximum Gasteiger partial charge on any atom is 0.407 e. The van der Waals surface area contributed by atoms with Crippen molar-refractivity contribution in [2.24, 2.45) is 11.3 Å². The second-order valence-corrected chi connectivity index (χ2v) is 5.84. The highest BCUT2D eigenvalue weighted by molar-refractivity contribution is 5.67. The first kappa shape index (κ1) is 16.2. The summed E-state index contributed by atoms with van der Waals surface area (Å²) in [7, 11) is 0. The number of ether oxygens (including phenoxy) is 2. The lowest BCUT2D eigenvalue weighted by Gasteiger charge is -2.17. The van der Waals surface area contributed by atoms with Gasteiger partial charge in [-0.05, 0) is 17.8 Å². The third kappa shape index (κ3) is 13.2. The number of nitrogens with one attached hydrogen (secondary N) is 1. The van der Waals surface area contributed by atoms with Crippen LogP contribution in [0.25, 0.3) is 0 Å². The van der Waals surface area contributed by atoms with Crippen LogP contribution in [0.1, 0.15) is 41.0 Å². The van der Waals surface area contributed by atoms with Crippen molar-refractivity contribution in [2.75, 3.05) is 26.4 Å². The van der Waals surface area contributed by atoms with Gasteiger partial charge in [-0.2, -0.15) is 0 Å². The quantitative estimate of drug-likeness (QED) is 0.702. The van der Waals surface area contributed by atoms with Crippen molar-refractivity contribution in [3.8, 4) is 0 Å². The highest BCUT2D eigenvalue weighted by Gasteiger charge is 2.09. The van der Waals surface area contributed by atoms with Gasteiger partial charge in [-0.15, -0.1) is 0 Å². The van der Waals surface area contributed by atoms with E-state index in [9.17, 15) is 4.79 Å². The molecule has 1 N–H and O–H groups in total. The molecule has 4 heteroatoms. The monoisotopic (exact) mass is 245 g/mol. The van der Waals surface area contributed by atoms with Crippen molar-refractivity contribution in [1.29, 1.82) is 0 Å². The van der Waals surface area contributed by atoms with Crippen LogP contribution in [-0.2, 0) is 9.47 Å². The van der Waals surface area contributed by atoms with Gasteiger partial charge in [-0.1, -0.05) is 34.6 Å². The number of alkyl carbamates (subject to hydrolysis) is 1. The Morgan fingerprint density at radius 2 is 1.88 bits per heavy atom. The molecule has 0 bridgehead atoms. The molecule has 0 atom stereocenters. The predicted octanol–water partition coefficient (Wildman–Crippen LogP) is 2.82. The number of carbonyl (C=O) groups is 1. The largest absolute Gasteiger partial charge is 0.449 e. The molecule has 0 rings (SSSR count). The second kappa shape index (κ2) is 8.34. The molecule has 0 fully saturated rings. The van der Waals surface area contributed by atoms with Gasteiger partial charge in [-0.25, -0.2) is 4.79 Å². The zero-order valence-corrected chi connectivity index (χ0v) is 11.8. The van der Waals surface area contributed by atoms with Crippen LogP contribution in [-0.4, -0.2) is 32.5 Å². The van der Waals surface area contributed by atoms with Gasteiger partial charge in [0, 0.05) is 13.2 Å². The van der Waals surface area contributed by atoms with Gasteiger partial charge in [-0.3, -0.25) is 0 Å². The van der Waals surface area contributed by atoms with E-state index >= 15 is 0 Å². The molecule has 0 spiro atoms. The van der Waals surface area contributed by atoms with Gasteiger partial charge < -0.3 is 14.8 Å². The summed E-state index contributed by atoms with van der Waals surface area (Å²) in [6.07, 6.45) is 0.656. The van der Waals surface area contributed by atoms with E-state index in [4.69, 9.17) is 9.47 Å². The Bertz CT molecular complexity index is 209. The van der Waals surface area contributed by atoms with Crippen LogP contribution in [0.5, 0.6) is 0 Å². The van der Waals surface area contributed by atoms with E-state index in [1.807, 2.05) is 13.8 Å². The van der Waals surface area contributed by atoms with Gasteiger partial charge in [0.2, 0.25) is 0 Å². The van der Waals surface area contributed by atoms with E-state index in [1.54, 1.807) is 0 Å². The average Bonchev–Trinajstić information content (AvgIpc) is 2.18. The van der Waals surface area contributed by atoms with Crippen molar-refractivity contribution < 1.29 is 14.3 Å². The van der Waals surface area contributed by atoms with Crippen molar-refractivity contribution in [2.45, 2.75) is 41.0 Å². The Morgan fingerprint density at radius 3 is 2.41 bits per heavy atom. The molecule has 0 saturated carbocycles. The topological polar surface area (TPSA) is 47.6 Å². The molecule has 102 valence electrons. The fourth-order valence-electron chi connectivity index (χ4n) is 0.999. The SMILES string of the molecule is CC(C)COC(=O)NCCOCCC(C)(C)C. The molecular formula is C13H27NO3. The van der Waals surface area contributed by atoms with Gasteiger partial charge in [0.1, 0.15) is 0 Å². The molecule has 0 aromatic heterocycles. The molecule has 0 aliphatic carbocycles. The molecule has 1 amide bonds. The van der Waals surface area contributed by atoms with E-state index in [1.165, 1.54) is 0 Å².